The molecule has 0 amide bonds. The monoisotopic (exact) mass is 210 g/mol. The Labute approximate surface area is 86.2 Å². The van der Waals surface area contributed by atoms with Gasteiger partial charge in [0, 0.05) is 25.0 Å². The summed E-state index contributed by atoms with van der Waals surface area (Å²) in [5, 5.41) is 4.22. The maximum Gasteiger partial charge on any atom is 0.220 e. The summed E-state index contributed by atoms with van der Waals surface area (Å²) in [5.41, 5.74) is 0. The van der Waals surface area contributed by atoms with Gasteiger partial charge in [0.2, 0.25) is 6.20 Å². The van der Waals surface area contributed by atoms with Crippen molar-refractivity contribution in [3.8, 4) is 10.7 Å². The number of rotatable bonds is 3. The second kappa shape index (κ2) is 3.83. The molecule has 0 bridgehead atoms. The smallest absolute Gasteiger partial charge is 0.220 e. The third kappa shape index (κ3) is 1.79. The zero-order valence-corrected chi connectivity index (χ0v) is 9.03. The van der Waals surface area contributed by atoms with Gasteiger partial charge < -0.3 is 0 Å². The normalized spacial score (nSPS) is 10.7. The van der Waals surface area contributed by atoms with E-state index in [1.165, 1.54) is 11.5 Å². The summed E-state index contributed by atoms with van der Waals surface area (Å²) in [6, 6.07) is 0. The van der Waals surface area contributed by atoms with Gasteiger partial charge in [0.05, 0.1) is 4.49 Å². The summed E-state index contributed by atoms with van der Waals surface area (Å²) in [7, 11) is 1.86. The summed E-state index contributed by atoms with van der Waals surface area (Å²) < 4.78 is 7.88. The van der Waals surface area contributed by atoms with Crippen molar-refractivity contribution in [2.75, 3.05) is 0 Å². The maximum absolute atomic E-state index is 4.26. The van der Waals surface area contributed by atoms with E-state index in [0.29, 0.717) is 0 Å². The molecule has 2 heterocycles. The molecule has 2 aromatic rings. The van der Waals surface area contributed by atoms with Crippen molar-refractivity contribution in [2.45, 2.75) is 19.9 Å². The molecule has 0 saturated carbocycles. The van der Waals surface area contributed by atoms with E-state index in [4.69, 9.17) is 0 Å². The predicted octanol–water partition coefficient (Wildman–Crippen LogP) is 0.636. The minimum atomic E-state index is 0.750. The molecule has 2 aromatic heterocycles. The molecule has 6 heteroatoms. The van der Waals surface area contributed by atoms with Gasteiger partial charge in [-0.2, -0.15) is 5.10 Å². The van der Waals surface area contributed by atoms with Crippen LogP contribution in [0.25, 0.3) is 10.7 Å². The molecule has 0 aromatic carbocycles. The van der Waals surface area contributed by atoms with E-state index in [-0.39, 0.29) is 0 Å². The fourth-order valence-electron chi connectivity index (χ4n) is 1.16. The first kappa shape index (κ1) is 9.26. The Morgan fingerprint density at radius 3 is 3.07 bits per heavy atom. The molecule has 0 saturated heterocycles. The van der Waals surface area contributed by atoms with Crippen LogP contribution in [0.2, 0.25) is 0 Å². The summed E-state index contributed by atoms with van der Waals surface area (Å²) in [6.45, 7) is 3.08. The van der Waals surface area contributed by atoms with Crippen LogP contribution in [0.5, 0.6) is 0 Å². The van der Waals surface area contributed by atoms with E-state index in [0.717, 1.165) is 23.7 Å². The van der Waals surface area contributed by atoms with Gasteiger partial charge in [0.1, 0.15) is 6.33 Å². The highest BCUT2D eigenvalue weighted by Gasteiger charge is 2.13. The van der Waals surface area contributed by atoms with E-state index in [9.17, 15) is 0 Å². The Morgan fingerprint density at radius 2 is 2.43 bits per heavy atom. The molecule has 14 heavy (non-hydrogen) atoms. The van der Waals surface area contributed by atoms with Crippen LogP contribution in [0.15, 0.2) is 12.5 Å². The number of nitrogens with zero attached hydrogens (tertiary/aromatic N) is 5. The molecule has 5 nitrogen and oxygen atoms in total. The zero-order chi connectivity index (χ0) is 9.97. The fraction of sp³-hybridized carbons (Fsp3) is 0.500. The molecule has 0 aliphatic heterocycles. The van der Waals surface area contributed by atoms with Crippen molar-refractivity contribution < 1.29 is 4.68 Å². The molecule has 0 unspecified atom stereocenters. The van der Waals surface area contributed by atoms with Gasteiger partial charge in [-0.25, -0.2) is 4.98 Å². The van der Waals surface area contributed by atoms with Crippen molar-refractivity contribution in [2.24, 2.45) is 7.05 Å². The van der Waals surface area contributed by atoms with Crippen molar-refractivity contribution in [1.29, 1.82) is 0 Å². The average Bonchev–Trinajstić information content (AvgIpc) is 2.74. The van der Waals surface area contributed by atoms with Crippen molar-refractivity contribution in [1.82, 2.24) is 19.3 Å². The first-order valence-corrected chi connectivity index (χ1v) is 5.29. The lowest BCUT2D eigenvalue weighted by molar-refractivity contribution is -0.746. The minimum absolute atomic E-state index is 0.750. The number of aromatic nitrogens is 5. The molecule has 0 radical (unpaired) electrons. The molecule has 0 fully saturated rings. The van der Waals surface area contributed by atoms with E-state index in [2.05, 4.69) is 21.5 Å². The first-order valence-electron chi connectivity index (χ1n) is 4.52. The highest BCUT2D eigenvalue weighted by Crippen LogP contribution is 2.14. The van der Waals surface area contributed by atoms with Crippen LogP contribution >= 0.6 is 11.5 Å². The minimum Gasteiger partial charge on any atom is -0.255 e. The number of hydrogen-bond acceptors (Lipinski definition) is 4. The van der Waals surface area contributed by atoms with Gasteiger partial charge in [-0.1, -0.05) is 11.6 Å². The Morgan fingerprint density at radius 1 is 1.57 bits per heavy atom. The molecular formula is C8H12N5S+. The van der Waals surface area contributed by atoms with Gasteiger partial charge in [-0.05, 0) is 0 Å². The van der Waals surface area contributed by atoms with Crippen LogP contribution in [0.4, 0.5) is 0 Å². The van der Waals surface area contributed by atoms with E-state index in [1.54, 1.807) is 11.0 Å². The quantitative estimate of drug-likeness (QED) is 0.698. The summed E-state index contributed by atoms with van der Waals surface area (Å²) >= 11 is 1.43. The van der Waals surface area contributed by atoms with Crippen molar-refractivity contribution in [3.05, 3.63) is 12.5 Å². The molecule has 0 N–H and O–H groups in total. The van der Waals surface area contributed by atoms with Crippen LogP contribution in [-0.4, -0.2) is 19.3 Å². The summed E-state index contributed by atoms with van der Waals surface area (Å²) in [4.78, 5) is 5.18. The van der Waals surface area contributed by atoms with Crippen LogP contribution in [0.1, 0.15) is 13.3 Å². The fourth-order valence-corrected chi connectivity index (χ4v) is 1.83. The van der Waals surface area contributed by atoms with Crippen LogP contribution in [0.3, 0.4) is 0 Å². The largest absolute Gasteiger partial charge is 0.255 e. The molecular weight excluding hydrogens is 198 g/mol. The first-order chi connectivity index (χ1) is 6.79. The van der Waals surface area contributed by atoms with Crippen molar-refractivity contribution in [3.63, 3.8) is 0 Å². The van der Waals surface area contributed by atoms with Gasteiger partial charge >= 0.3 is 0 Å². The van der Waals surface area contributed by atoms with Crippen molar-refractivity contribution >= 4 is 11.5 Å². The molecule has 0 aliphatic carbocycles. The van der Waals surface area contributed by atoms with Gasteiger partial charge in [0.25, 0.3) is 0 Å². The van der Waals surface area contributed by atoms with E-state index < -0.39 is 0 Å². The van der Waals surface area contributed by atoms with Crippen LogP contribution < -0.4 is 4.68 Å². The maximum atomic E-state index is 4.26. The second-order valence-electron chi connectivity index (χ2n) is 3.07. The Hall–Kier alpha value is -1.30. The van der Waals surface area contributed by atoms with E-state index in [1.807, 2.05) is 17.9 Å². The molecule has 0 aliphatic rings. The third-order valence-corrected chi connectivity index (χ3v) is 2.56. The molecule has 0 spiro atoms. The summed E-state index contributed by atoms with van der Waals surface area (Å²) in [5.74, 6) is 0.750. The lowest BCUT2D eigenvalue weighted by Gasteiger charge is -1.82. The SMILES string of the molecule is CCC[n+]1cc(-c2ncn(C)n2)sn1. The Kier molecular flexibility index (Phi) is 2.53. The van der Waals surface area contributed by atoms with Crippen LogP contribution in [-0.2, 0) is 13.6 Å². The lowest BCUT2D eigenvalue weighted by Crippen LogP contribution is -2.33. The van der Waals surface area contributed by atoms with E-state index >= 15 is 0 Å². The Balaban J connectivity index is 2.24. The van der Waals surface area contributed by atoms with Gasteiger partial charge in [-0.15, -0.1) is 0 Å². The number of aryl methyl sites for hydroxylation is 2. The highest BCUT2D eigenvalue weighted by atomic mass is 32.1. The highest BCUT2D eigenvalue weighted by molar-refractivity contribution is 7.08. The topological polar surface area (TPSA) is 47.5 Å². The lowest BCUT2D eigenvalue weighted by atomic mass is 10.5. The standard InChI is InChI=1S/C8H12N5S/c1-3-4-13-5-7(14-11-13)8-9-6-12(2)10-8/h5-6H,3-4H2,1-2H3/q+1. The summed E-state index contributed by atoms with van der Waals surface area (Å²) in [6.07, 6.45) is 4.77. The predicted molar refractivity (Wildman–Crippen MR) is 52.6 cm³/mol. The molecule has 74 valence electrons. The van der Waals surface area contributed by atoms with Gasteiger partial charge in [0.15, 0.2) is 17.2 Å². The molecule has 0 atom stereocenters. The zero-order valence-electron chi connectivity index (χ0n) is 8.21. The Bertz CT molecular complexity index is 419. The second-order valence-corrected chi connectivity index (χ2v) is 3.86. The molecule has 2 rings (SSSR count). The van der Waals surface area contributed by atoms with Gasteiger partial charge in [-0.3, -0.25) is 4.68 Å². The third-order valence-electron chi connectivity index (χ3n) is 1.78. The van der Waals surface area contributed by atoms with Crippen LogP contribution in [0, 0.1) is 0 Å². The number of hydrogen-bond donors (Lipinski definition) is 0. The average molecular weight is 210 g/mol.